The Balaban J connectivity index is 2.24. The lowest BCUT2D eigenvalue weighted by molar-refractivity contribution is 0.0696. The molecule has 0 saturated carbocycles. The number of rotatable bonds is 3. The highest BCUT2D eigenvalue weighted by atomic mass is 16.4. The fourth-order valence-corrected chi connectivity index (χ4v) is 1.68. The van der Waals surface area contributed by atoms with Gasteiger partial charge in [0.25, 0.3) is 5.91 Å². The number of aromatic carboxylic acids is 1. The van der Waals surface area contributed by atoms with E-state index >= 15 is 0 Å². The topological polar surface area (TPSA) is 75.4 Å². The number of benzene rings is 1. The average molecular weight is 259 g/mol. The lowest BCUT2D eigenvalue weighted by Crippen LogP contribution is -2.27. The summed E-state index contributed by atoms with van der Waals surface area (Å²) < 4.78 is 1.63. The zero-order chi connectivity index (χ0) is 14.0. The number of aryl methyl sites for hydroxylation is 1. The van der Waals surface area contributed by atoms with Crippen molar-refractivity contribution >= 4 is 17.6 Å². The molecule has 0 aliphatic carbocycles. The SMILES string of the molecule is CN(C(=O)c1cncn1C)c1ccc(C(=O)O)cc1. The van der Waals surface area contributed by atoms with E-state index in [1.165, 1.54) is 23.2 Å². The van der Waals surface area contributed by atoms with Gasteiger partial charge in [0.15, 0.2) is 0 Å². The van der Waals surface area contributed by atoms with Crippen molar-refractivity contribution in [2.45, 2.75) is 0 Å². The summed E-state index contributed by atoms with van der Waals surface area (Å²) in [5, 5.41) is 8.82. The third kappa shape index (κ3) is 2.47. The summed E-state index contributed by atoms with van der Waals surface area (Å²) in [5.41, 5.74) is 1.27. The molecule has 2 rings (SSSR count). The van der Waals surface area contributed by atoms with Gasteiger partial charge in [0, 0.05) is 19.8 Å². The number of hydrogen-bond donors (Lipinski definition) is 1. The second-order valence-corrected chi connectivity index (χ2v) is 4.11. The molecule has 0 radical (unpaired) electrons. The Hall–Kier alpha value is -2.63. The fourth-order valence-electron chi connectivity index (χ4n) is 1.68. The summed E-state index contributed by atoms with van der Waals surface area (Å²) in [5.74, 6) is -1.20. The van der Waals surface area contributed by atoms with Crippen molar-refractivity contribution in [1.82, 2.24) is 9.55 Å². The largest absolute Gasteiger partial charge is 0.478 e. The zero-order valence-electron chi connectivity index (χ0n) is 10.6. The number of imidazole rings is 1. The second-order valence-electron chi connectivity index (χ2n) is 4.11. The lowest BCUT2D eigenvalue weighted by atomic mass is 10.2. The molecule has 1 aromatic heterocycles. The molecule has 19 heavy (non-hydrogen) atoms. The van der Waals surface area contributed by atoms with Crippen molar-refractivity contribution < 1.29 is 14.7 Å². The predicted octanol–water partition coefficient (Wildman–Crippen LogP) is 1.39. The van der Waals surface area contributed by atoms with E-state index in [-0.39, 0.29) is 11.5 Å². The molecule has 98 valence electrons. The maximum absolute atomic E-state index is 12.2. The number of nitrogens with zero attached hydrogens (tertiary/aromatic N) is 3. The normalized spacial score (nSPS) is 10.2. The summed E-state index contributed by atoms with van der Waals surface area (Å²) >= 11 is 0. The predicted molar refractivity (Wildman–Crippen MR) is 69.3 cm³/mol. The van der Waals surface area contributed by atoms with Crippen molar-refractivity contribution in [3.63, 3.8) is 0 Å². The number of hydrogen-bond acceptors (Lipinski definition) is 3. The number of carbonyl (C=O) groups excluding carboxylic acids is 1. The van der Waals surface area contributed by atoms with E-state index in [0.29, 0.717) is 11.4 Å². The van der Waals surface area contributed by atoms with Crippen molar-refractivity contribution in [3.05, 3.63) is 48.0 Å². The van der Waals surface area contributed by atoms with Crippen molar-refractivity contribution in [2.75, 3.05) is 11.9 Å². The molecule has 0 saturated heterocycles. The number of anilines is 1. The fraction of sp³-hybridized carbons (Fsp3) is 0.154. The maximum Gasteiger partial charge on any atom is 0.335 e. The van der Waals surface area contributed by atoms with Crippen LogP contribution in [0, 0.1) is 0 Å². The van der Waals surface area contributed by atoms with Crippen molar-refractivity contribution in [1.29, 1.82) is 0 Å². The minimum absolute atomic E-state index is 0.185. The van der Waals surface area contributed by atoms with Crippen LogP contribution in [0.4, 0.5) is 5.69 Å². The first-order chi connectivity index (χ1) is 9.00. The molecule has 6 heteroatoms. The summed E-state index contributed by atoms with van der Waals surface area (Å²) in [4.78, 5) is 28.3. The Morgan fingerprint density at radius 1 is 1.26 bits per heavy atom. The van der Waals surface area contributed by atoms with Crippen LogP contribution in [0.15, 0.2) is 36.8 Å². The van der Waals surface area contributed by atoms with Gasteiger partial charge in [0.05, 0.1) is 18.1 Å². The molecule has 0 aliphatic heterocycles. The Morgan fingerprint density at radius 3 is 2.37 bits per heavy atom. The van der Waals surface area contributed by atoms with Crippen LogP contribution in [0.3, 0.4) is 0 Å². The van der Waals surface area contributed by atoms with Gasteiger partial charge in [0.1, 0.15) is 5.69 Å². The van der Waals surface area contributed by atoms with Gasteiger partial charge in [-0.05, 0) is 24.3 Å². The molecule has 0 aliphatic rings. The smallest absolute Gasteiger partial charge is 0.335 e. The highest BCUT2D eigenvalue weighted by Crippen LogP contribution is 2.16. The van der Waals surface area contributed by atoms with E-state index in [9.17, 15) is 9.59 Å². The van der Waals surface area contributed by atoms with Crippen LogP contribution < -0.4 is 4.90 Å². The minimum atomic E-state index is -0.993. The molecule has 1 amide bonds. The van der Waals surface area contributed by atoms with Crippen LogP contribution in [0.25, 0.3) is 0 Å². The van der Waals surface area contributed by atoms with Crippen LogP contribution in [0.5, 0.6) is 0 Å². The molecule has 0 bridgehead atoms. The minimum Gasteiger partial charge on any atom is -0.478 e. The third-order valence-corrected chi connectivity index (χ3v) is 2.84. The number of aromatic nitrogens is 2. The van der Waals surface area contributed by atoms with E-state index in [4.69, 9.17) is 5.11 Å². The quantitative estimate of drug-likeness (QED) is 0.903. The molecule has 0 unspecified atom stereocenters. The van der Waals surface area contributed by atoms with Crippen LogP contribution in [0.2, 0.25) is 0 Å². The Kier molecular flexibility index (Phi) is 3.33. The van der Waals surface area contributed by atoms with Gasteiger partial charge in [-0.2, -0.15) is 0 Å². The van der Waals surface area contributed by atoms with Gasteiger partial charge in [-0.3, -0.25) is 4.79 Å². The zero-order valence-corrected chi connectivity index (χ0v) is 10.6. The molecule has 0 spiro atoms. The van der Waals surface area contributed by atoms with Crippen molar-refractivity contribution in [3.8, 4) is 0 Å². The van der Waals surface area contributed by atoms with Crippen LogP contribution in [0.1, 0.15) is 20.8 Å². The maximum atomic E-state index is 12.2. The van der Waals surface area contributed by atoms with E-state index in [1.807, 2.05) is 0 Å². The molecule has 0 fully saturated rings. The van der Waals surface area contributed by atoms with Gasteiger partial charge >= 0.3 is 5.97 Å². The molecular formula is C13H13N3O3. The summed E-state index contributed by atoms with van der Waals surface area (Å²) in [6, 6.07) is 6.12. The Bertz CT molecular complexity index is 616. The highest BCUT2D eigenvalue weighted by Gasteiger charge is 2.16. The monoisotopic (exact) mass is 259 g/mol. The van der Waals surface area contributed by atoms with Crippen molar-refractivity contribution in [2.24, 2.45) is 7.05 Å². The molecular weight excluding hydrogens is 246 g/mol. The number of carboxylic acids is 1. The van der Waals surface area contributed by atoms with Gasteiger partial charge in [0.2, 0.25) is 0 Å². The van der Waals surface area contributed by atoms with Crippen LogP contribution in [-0.2, 0) is 7.05 Å². The number of amides is 1. The van der Waals surface area contributed by atoms with Crippen LogP contribution in [-0.4, -0.2) is 33.6 Å². The van der Waals surface area contributed by atoms with Gasteiger partial charge < -0.3 is 14.6 Å². The van der Waals surface area contributed by atoms with E-state index in [1.54, 1.807) is 37.1 Å². The lowest BCUT2D eigenvalue weighted by Gasteiger charge is -2.17. The van der Waals surface area contributed by atoms with Gasteiger partial charge in [-0.25, -0.2) is 9.78 Å². The van der Waals surface area contributed by atoms with Gasteiger partial charge in [-0.15, -0.1) is 0 Å². The summed E-state index contributed by atoms with van der Waals surface area (Å²) in [7, 11) is 3.37. The van der Waals surface area contributed by atoms with E-state index in [0.717, 1.165) is 0 Å². The average Bonchev–Trinajstić information content (AvgIpc) is 2.83. The molecule has 2 aromatic rings. The van der Waals surface area contributed by atoms with Crippen LogP contribution >= 0.6 is 0 Å². The Morgan fingerprint density at radius 2 is 1.89 bits per heavy atom. The molecule has 1 heterocycles. The standard InChI is InChI=1S/C13H13N3O3/c1-15-8-14-7-11(15)12(17)16(2)10-5-3-9(4-6-10)13(18)19/h3-8H,1-2H3,(H,18,19). The first kappa shape index (κ1) is 12.8. The highest BCUT2D eigenvalue weighted by molar-refractivity contribution is 6.04. The molecule has 0 atom stereocenters. The number of carbonyl (C=O) groups is 2. The van der Waals surface area contributed by atoms with E-state index < -0.39 is 5.97 Å². The number of carboxylic acid groups (broad SMARTS) is 1. The molecule has 1 N–H and O–H groups in total. The first-order valence-corrected chi connectivity index (χ1v) is 5.58. The first-order valence-electron chi connectivity index (χ1n) is 5.58. The summed E-state index contributed by atoms with van der Waals surface area (Å²) in [6.07, 6.45) is 3.04. The van der Waals surface area contributed by atoms with E-state index in [2.05, 4.69) is 4.98 Å². The van der Waals surface area contributed by atoms with Gasteiger partial charge in [-0.1, -0.05) is 0 Å². The molecule has 6 nitrogen and oxygen atoms in total. The molecule has 1 aromatic carbocycles. The second kappa shape index (κ2) is 4.93. The third-order valence-electron chi connectivity index (χ3n) is 2.84. The summed E-state index contributed by atoms with van der Waals surface area (Å²) in [6.45, 7) is 0. The Labute approximate surface area is 109 Å².